The number of pyridine rings is 1. The smallest absolute Gasteiger partial charge is 0.145 e. The van der Waals surface area contributed by atoms with Gasteiger partial charge in [-0.2, -0.15) is 0 Å². The van der Waals surface area contributed by atoms with E-state index in [2.05, 4.69) is 58.5 Å². The molecule has 0 aliphatic rings. The summed E-state index contributed by atoms with van der Waals surface area (Å²) in [6, 6.07) is 20.8. The quantitative estimate of drug-likeness (QED) is 0.620. The fourth-order valence-corrected chi connectivity index (χ4v) is 3.18. The van der Waals surface area contributed by atoms with E-state index in [4.69, 9.17) is 0 Å². The summed E-state index contributed by atoms with van der Waals surface area (Å²) in [4.78, 5) is 8.59. The van der Waals surface area contributed by atoms with Crippen LogP contribution in [0.2, 0.25) is 0 Å². The Bertz CT molecular complexity index is 854. The molecule has 138 valence electrons. The number of nitrogens with zero attached hydrogens (tertiary/aromatic N) is 2. The number of aryl methyl sites for hydroxylation is 1. The molecule has 0 unspecified atom stereocenters. The van der Waals surface area contributed by atoms with E-state index < -0.39 is 0 Å². The zero-order valence-corrected chi connectivity index (χ0v) is 15.4. The topological polar surface area (TPSA) is 65.7 Å². The Morgan fingerprint density at radius 1 is 1.00 bits per heavy atom. The van der Waals surface area contributed by atoms with Crippen LogP contribution in [0.25, 0.3) is 0 Å². The van der Waals surface area contributed by atoms with Crippen LogP contribution in [-0.4, -0.2) is 28.0 Å². The molecule has 0 fully saturated rings. The van der Waals surface area contributed by atoms with Gasteiger partial charge in [0.2, 0.25) is 0 Å². The van der Waals surface area contributed by atoms with Crippen molar-refractivity contribution in [2.24, 2.45) is 4.99 Å². The lowest BCUT2D eigenvalue weighted by Crippen LogP contribution is -2.03. The first-order chi connectivity index (χ1) is 13.2. The van der Waals surface area contributed by atoms with Crippen molar-refractivity contribution in [1.29, 1.82) is 0 Å². The van der Waals surface area contributed by atoms with E-state index in [-0.39, 0.29) is 18.3 Å². The van der Waals surface area contributed by atoms with Crippen LogP contribution in [0.4, 0.5) is 0 Å². The molecular weight excluding hydrogens is 336 g/mol. The van der Waals surface area contributed by atoms with Gasteiger partial charge < -0.3 is 10.2 Å². The third-order valence-corrected chi connectivity index (χ3v) is 4.70. The van der Waals surface area contributed by atoms with Crippen molar-refractivity contribution in [2.45, 2.75) is 25.9 Å². The lowest BCUT2D eigenvalue weighted by Gasteiger charge is -2.17. The lowest BCUT2D eigenvalue weighted by atomic mass is 9.89. The fraction of sp³-hybridized carbons (Fsp3) is 0.217. The fourth-order valence-electron chi connectivity index (χ4n) is 3.18. The van der Waals surface area contributed by atoms with E-state index in [1.165, 1.54) is 11.1 Å². The lowest BCUT2D eigenvalue weighted by molar-refractivity contribution is 0.280. The average molecular weight is 360 g/mol. The number of hydrogen-bond acceptors (Lipinski definition) is 4. The van der Waals surface area contributed by atoms with Gasteiger partial charge in [0.05, 0.1) is 12.3 Å². The molecule has 3 aromatic rings. The maximum Gasteiger partial charge on any atom is 0.145 e. The largest absolute Gasteiger partial charge is 0.505 e. The van der Waals surface area contributed by atoms with Gasteiger partial charge in [0.15, 0.2) is 0 Å². The first-order valence-corrected chi connectivity index (χ1v) is 9.08. The summed E-state index contributed by atoms with van der Waals surface area (Å²) in [5.74, 6) is 0.336. The van der Waals surface area contributed by atoms with Crippen molar-refractivity contribution in [3.8, 4) is 5.75 Å². The molecule has 0 radical (unpaired) electrons. The van der Waals surface area contributed by atoms with Crippen molar-refractivity contribution in [3.05, 3.63) is 94.8 Å². The molecule has 2 aromatic carbocycles. The summed E-state index contributed by atoms with van der Waals surface area (Å²) >= 11 is 0. The monoisotopic (exact) mass is 360 g/mol. The molecule has 0 aliphatic carbocycles. The second kappa shape index (κ2) is 9.10. The molecule has 0 bridgehead atoms. The Hall–Kier alpha value is -2.98. The van der Waals surface area contributed by atoms with E-state index >= 15 is 0 Å². The van der Waals surface area contributed by atoms with Crippen molar-refractivity contribution < 1.29 is 10.2 Å². The number of hydrogen-bond donors (Lipinski definition) is 2. The number of aromatic nitrogens is 1. The molecule has 4 heteroatoms. The average Bonchev–Trinajstić information content (AvgIpc) is 2.72. The minimum atomic E-state index is -0.182. The van der Waals surface area contributed by atoms with Gasteiger partial charge in [-0.3, -0.25) is 9.98 Å². The minimum absolute atomic E-state index is 0.0768. The molecule has 27 heavy (non-hydrogen) atoms. The van der Waals surface area contributed by atoms with Crippen molar-refractivity contribution in [2.75, 3.05) is 6.54 Å². The van der Waals surface area contributed by atoms with Crippen LogP contribution in [-0.2, 0) is 6.61 Å². The van der Waals surface area contributed by atoms with Crippen LogP contribution in [0.5, 0.6) is 5.75 Å². The first-order valence-electron chi connectivity index (χ1n) is 9.08. The zero-order valence-electron chi connectivity index (χ0n) is 15.4. The summed E-state index contributed by atoms with van der Waals surface area (Å²) in [5, 5.41) is 19.7. The van der Waals surface area contributed by atoms with Crippen molar-refractivity contribution >= 4 is 6.21 Å². The maximum absolute atomic E-state index is 10.2. The number of aromatic hydroxyl groups is 1. The van der Waals surface area contributed by atoms with Crippen LogP contribution < -0.4 is 0 Å². The predicted molar refractivity (Wildman–Crippen MR) is 108 cm³/mol. The highest BCUT2D eigenvalue weighted by Crippen LogP contribution is 2.28. The minimum Gasteiger partial charge on any atom is -0.505 e. The molecule has 0 amide bonds. The molecule has 0 atom stereocenters. The zero-order chi connectivity index (χ0) is 19.1. The normalized spacial score (nSPS) is 11.4. The SMILES string of the molecule is Cc1ncc(CO)c(C=NCCC(c2ccccc2)c2ccccc2)c1O. The van der Waals surface area contributed by atoms with Gasteiger partial charge in [0.25, 0.3) is 0 Å². The van der Waals surface area contributed by atoms with E-state index in [0.717, 1.165) is 6.42 Å². The van der Waals surface area contributed by atoms with Crippen LogP contribution in [0, 0.1) is 6.92 Å². The van der Waals surface area contributed by atoms with E-state index in [0.29, 0.717) is 23.4 Å². The molecule has 0 saturated heterocycles. The molecule has 2 N–H and O–H groups in total. The van der Waals surface area contributed by atoms with Gasteiger partial charge in [-0.25, -0.2) is 0 Å². The Balaban J connectivity index is 1.78. The summed E-state index contributed by atoms with van der Waals surface area (Å²) in [6.07, 6.45) is 4.07. The number of aliphatic hydroxyl groups is 1. The maximum atomic E-state index is 10.2. The predicted octanol–water partition coefficient (Wildman–Crippen LogP) is 4.23. The Morgan fingerprint density at radius 3 is 2.15 bits per heavy atom. The van der Waals surface area contributed by atoms with E-state index in [1.807, 2.05) is 12.1 Å². The highest BCUT2D eigenvalue weighted by atomic mass is 16.3. The highest BCUT2D eigenvalue weighted by molar-refractivity contribution is 5.85. The molecule has 4 nitrogen and oxygen atoms in total. The van der Waals surface area contributed by atoms with Crippen LogP contribution in [0.1, 0.15) is 40.3 Å². The number of aliphatic hydroxyl groups excluding tert-OH is 1. The van der Waals surface area contributed by atoms with Crippen LogP contribution >= 0.6 is 0 Å². The summed E-state index contributed by atoms with van der Waals surface area (Å²) in [5.41, 5.74) is 4.17. The van der Waals surface area contributed by atoms with E-state index in [1.54, 1.807) is 19.3 Å². The molecule has 3 rings (SSSR count). The number of benzene rings is 2. The molecule has 1 aromatic heterocycles. The van der Waals surface area contributed by atoms with Gasteiger partial charge in [0.1, 0.15) is 5.75 Å². The Labute approximate surface area is 159 Å². The highest BCUT2D eigenvalue weighted by Gasteiger charge is 2.13. The van der Waals surface area contributed by atoms with Gasteiger partial charge in [-0.15, -0.1) is 0 Å². The van der Waals surface area contributed by atoms with Crippen LogP contribution in [0.15, 0.2) is 71.9 Å². The van der Waals surface area contributed by atoms with Gasteiger partial charge in [0, 0.05) is 36.0 Å². The standard InChI is InChI=1S/C23H24N2O2/c1-17-23(27)22(20(16-26)14-25-17)15-24-13-12-21(18-8-4-2-5-9-18)19-10-6-3-7-11-19/h2-11,14-15,21,26-27H,12-13,16H2,1H3. The summed E-state index contributed by atoms with van der Waals surface area (Å²) < 4.78 is 0. The van der Waals surface area contributed by atoms with Gasteiger partial charge in [-0.1, -0.05) is 60.7 Å². The van der Waals surface area contributed by atoms with Crippen LogP contribution in [0.3, 0.4) is 0 Å². The summed E-state index contributed by atoms with van der Waals surface area (Å²) in [6.45, 7) is 2.16. The second-order valence-electron chi connectivity index (χ2n) is 6.49. The van der Waals surface area contributed by atoms with Gasteiger partial charge in [-0.05, 0) is 24.5 Å². The molecule has 0 spiro atoms. The van der Waals surface area contributed by atoms with Crippen molar-refractivity contribution in [3.63, 3.8) is 0 Å². The summed E-state index contributed by atoms with van der Waals surface area (Å²) in [7, 11) is 0. The molecule has 1 heterocycles. The Kier molecular flexibility index (Phi) is 6.34. The third kappa shape index (κ3) is 4.60. The number of rotatable bonds is 7. The van der Waals surface area contributed by atoms with E-state index in [9.17, 15) is 10.2 Å². The Morgan fingerprint density at radius 2 is 1.59 bits per heavy atom. The van der Waals surface area contributed by atoms with Gasteiger partial charge >= 0.3 is 0 Å². The second-order valence-corrected chi connectivity index (χ2v) is 6.49. The van der Waals surface area contributed by atoms with Crippen molar-refractivity contribution in [1.82, 2.24) is 4.98 Å². The third-order valence-electron chi connectivity index (χ3n) is 4.70. The molecular formula is C23H24N2O2. The first kappa shape index (κ1) is 18.8. The number of aliphatic imine (C=N–C) groups is 1. The molecule has 0 saturated carbocycles. The molecule has 0 aliphatic heterocycles.